The summed E-state index contributed by atoms with van der Waals surface area (Å²) in [5.41, 5.74) is 2.12. The number of carbonyl (C=O) groups is 1. The summed E-state index contributed by atoms with van der Waals surface area (Å²) in [5, 5.41) is 2.89. The van der Waals surface area contributed by atoms with Crippen molar-refractivity contribution in [3.05, 3.63) is 41.2 Å². The van der Waals surface area contributed by atoms with Crippen molar-refractivity contribution >= 4 is 32.9 Å². The molecular weight excluding hydrogens is 330 g/mol. The zero-order valence-electron chi connectivity index (χ0n) is 12.2. The molecule has 5 heteroatoms. The summed E-state index contributed by atoms with van der Waals surface area (Å²) in [5.74, 6) is 1.12. The van der Waals surface area contributed by atoms with Gasteiger partial charge in [0.05, 0.1) is 17.6 Å². The average molecular weight is 350 g/mol. The first-order chi connectivity index (χ1) is 10.1. The lowest BCUT2D eigenvalue weighted by atomic mass is 10.3. The molecule has 21 heavy (non-hydrogen) atoms. The number of aromatic nitrogens is 2. The molecule has 0 fully saturated rings. The molecule has 0 aliphatic heterocycles. The Bertz CT molecular complexity index is 648. The molecule has 1 aromatic heterocycles. The van der Waals surface area contributed by atoms with Gasteiger partial charge in [0.15, 0.2) is 0 Å². The fourth-order valence-electron chi connectivity index (χ4n) is 2.26. The van der Waals surface area contributed by atoms with Crippen LogP contribution in [0.3, 0.4) is 0 Å². The first-order valence-corrected chi connectivity index (χ1v) is 7.95. The van der Waals surface area contributed by atoms with E-state index in [2.05, 4.69) is 38.5 Å². The van der Waals surface area contributed by atoms with Gasteiger partial charge in [-0.3, -0.25) is 4.79 Å². The predicted molar refractivity (Wildman–Crippen MR) is 89.4 cm³/mol. The van der Waals surface area contributed by atoms with Gasteiger partial charge in [-0.2, -0.15) is 0 Å². The third-order valence-corrected chi connectivity index (χ3v) is 3.53. The van der Waals surface area contributed by atoms with E-state index in [0.717, 1.165) is 34.2 Å². The highest BCUT2D eigenvalue weighted by molar-refractivity contribution is 9.11. The molecule has 0 bridgehead atoms. The molecule has 2 aromatic rings. The number of hydrogen-bond donors (Lipinski definition) is 1. The summed E-state index contributed by atoms with van der Waals surface area (Å²) >= 11 is 3.43. The Hall–Kier alpha value is -1.62. The molecule has 0 unspecified atom stereocenters. The molecule has 0 saturated heterocycles. The van der Waals surface area contributed by atoms with Crippen molar-refractivity contribution < 1.29 is 4.79 Å². The second-order valence-electron chi connectivity index (χ2n) is 4.93. The molecule has 1 heterocycles. The number of amides is 1. The number of rotatable bonds is 7. The molecule has 0 aliphatic rings. The molecule has 112 valence electrons. The van der Waals surface area contributed by atoms with E-state index in [4.69, 9.17) is 4.98 Å². The van der Waals surface area contributed by atoms with E-state index in [-0.39, 0.29) is 5.91 Å². The van der Waals surface area contributed by atoms with Crippen LogP contribution in [-0.4, -0.2) is 22.0 Å². The lowest BCUT2D eigenvalue weighted by Gasteiger charge is -2.08. The molecule has 1 N–H and O–H groups in total. The number of imidazole rings is 1. The molecule has 0 spiro atoms. The van der Waals surface area contributed by atoms with Crippen LogP contribution in [0.1, 0.15) is 25.6 Å². The first-order valence-electron chi connectivity index (χ1n) is 7.16. The van der Waals surface area contributed by atoms with E-state index in [1.807, 2.05) is 25.1 Å². The summed E-state index contributed by atoms with van der Waals surface area (Å²) in [6.45, 7) is 7.17. The number of para-hydroxylation sites is 2. The van der Waals surface area contributed by atoms with Crippen LogP contribution >= 0.6 is 15.9 Å². The third kappa shape index (κ3) is 4.17. The Morgan fingerprint density at radius 2 is 2.19 bits per heavy atom. The normalized spacial score (nSPS) is 10.8. The van der Waals surface area contributed by atoms with Crippen LogP contribution in [0.2, 0.25) is 0 Å². The van der Waals surface area contributed by atoms with Crippen LogP contribution in [0.5, 0.6) is 0 Å². The molecule has 4 nitrogen and oxygen atoms in total. The number of nitrogens with one attached hydrogen (secondary N) is 1. The Morgan fingerprint density at radius 1 is 1.43 bits per heavy atom. The molecule has 0 aliphatic carbocycles. The molecule has 0 atom stereocenters. The number of halogens is 1. The van der Waals surface area contributed by atoms with Crippen LogP contribution in [0.15, 0.2) is 35.3 Å². The maximum Gasteiger partial charge on any atom is 0.219 e. The molecule has 0 radical (unpaired) electrons. The zero-order valence-corrected chi connectivity index (χ0v) is 13.8. The van der Waals surface area contributed by atoms with Gasteiger partial charge in [-0.1, -0.05) is 41.6 Å². The van der Waals surface area contributed by atoms with Crippen molar-refractivity contribution in [2.45, 2.75) is 32.7 Å². The van der Waals surface area contributed by atoms with Crippen LogP contribution < -0.4 is 5.32 Å². The van der Waals surface area contributed by atoms with Gasteiger partial charge in [-0.15, -0.1) is 0 Å². The van der Waals surface area contributed by atoms with Crippen molar-refractivity contribution in [3.8, 4) is 0 Å². The fourth-order valence-corrected chi connectivity index (χ4v) is 2.51. The minimum atomic E-state index is 0.0948. The summed E-state index contributed by atoms with van der Waals surface area (Å²) in [4.78, 5) is 15.9. The van der Waals surface area contributed by atoms with E-state index in [1.54, 1.807) is 0 Å². The Labute approximate surface area is 133 Å². The lowest BCUT2D eigenvalue weighted by Crippen LogP contribution is -2.23. The Kier molecular flexibility index (Phi) is 5.56. The highest BCUT2D eigenvalue weighted by Crippen LogP contribution is 2.19. The predicted octanol–water partition coefficient (Wildman–Crippen LogP) is 3.40. The van der Waals surface area contributed by atoms with Gasteiger partial charge in [0.2, 0.25) is 5.91 Å². The van der Waals surface area contributed by atoms with Crippen LogP contribution in [-0.2, 0) is 17.8 Å². The van der Waals surface area contributed by atoms with Gasteiger partial charge >= 0.3 is 0 Å². The van der Waals surface area contributed by atoms with Crippen LogP contribution in [0.4, 0.5) is 0 Å². The van der Waals surface area contributed by atoms with E-state index < -0.39 is 0 Å². The standard InChI is InChI=1S/C16H20BrN3O/c1-3-16(21)18-10-6-9-15-19-13-7-4-5-8-14(13)20(15)11-12(2)17/h4-5,7-8H,2-3,6,9-11H2,1H3,(H,18,21). The van der Waals surface area contributed by atoms with Gasteiger partial charge in [0, 0.05) is 23.9 Å². The number of nitrogens with zero attached hydrogens (tertiary/aromatic N) is 2. The zero-order chi connectivity index (χ0) is 15.2. The monoisotopic (exact) mass is 349 g/mol. The second kappa shape index (κ2) is 7.41. The summed E-state index contributed by atoms with van der Waals surface area (Å²) in [7, 11) is 0. The average Bonchev–Trinajstić information content (AvgIpc) is 2.81. The fraction of sp³-hybridized carbons (Fsp3) is 0.375. The van der Waals surface area contributed by atoms with Crippen LogP contribution in [0.25, 0.3) is 11.0 Å². The number of aryl methyl sites for hydroxylation is 1. The smallest absolute Gasteiger partial charge is 0.219 e. The topological polar surface area (TPSA) is 46.9 Å². The quantitative estimate of drug-likeness (QED) is 0.778. The van der Waals surface area contributed by atoms with Crippen molar-refractivity contribution in [3.63, 3.8) is 0 Å². The SMILES string of the molecule is C=C(Br)Cn1c(CCCNC(=O)CC)nc2ccccc21. The van der Waals surface area contributed by atoms with Crippen LogP contribution in [0, 0.1) is 0 Å². The molecule has 1 amide bonds. The maximum atomic E-state index is 11.2. The Balaban J connectivity index is 2.10. The summed E-state index contributed by atoms with van der Waals surface area (Å²) < 4.78 is 3.10. The van der Waals surface area contributed by atoms with Gasteiger partial charge in [0.25, 0.3) is 0 Å². The number of benzene rings is 1. The third-order valence-electron chi connectivity index (χ3n) is 3.28. The van der Waals surface area contributed by atoms with E-state index in [0.29, 0.717) is 19.5 Å². The van der Waals surface area contributed by atoms with Crippen molar-refractivity contribution in [1.82, 2.24) is 14.9 Å². The van der Waals surface area contributed by atoms with Gasteiger partial charge in [-0.05, 0) is 18.6 Å². The number of hydrogen-bond acceptors (Lipinski definition) is 2. The highest BCUT2D eigenvalue weighted by atomic mass is 79.9. The van der Waals surface area contributed by atoms with Gasteiger partial charge < -0.3 is 9.88 Å². The summed E-state index contributed by atoms with van der Waals surface area (Å²) in [6.07, 6.45) is 2.24. The minimum Gasteiger partial charge on any atom is -0.356 e. The lowest BCUT2D eigenvalue weighted by molar-refractivity contribution is -0.120. The van der Waals surface area contributed by atoms with Gasteiger partial charge in [-0.25, -0.2) is 4.98 Å². The van der Waals surface area contributed by atoms with Crippen molar-refractivity contribution in [1.29, 1.82) is 0 Å². The van der Waals surface area contributed by atoms with E-state index in [9.17, 15) is 4.79 Å². The Morgan fingerprint density at radius 3 is 2.90 bits per heavy atom. The molecule has 2 rings (SSSR count). The minimum absolute atomic E-state index is 0.0948. The number of fused-ring (bicyclic) bond motifs is 1. The van der Waals surface area contributed by atoms with Gasteiger partial charge in [0.1, 0.15) is 5.82 Å². The molecular formula is C16H20BrN3O. The number of allylic oxidation sites excluding steroid dienone is 1. The van der Waals surface area contributed by atoms with E-state index >= 15 is 0 Å². The van der Waals surface area contributed by atoms with Crippen molar-refractivity contribution in [2.24, 2.45) is 0 Å². The first kappa shape index (κ1) is 15.8. The maximum absolute atomic E-state index is 11.2. The molecule has 1 aromatic carbocycles. The highest BCUT2D eigenvalue weighted by Gasteiger charge is 2.10. The largest absolute Gasteiger partial charge is 0.356 e. The molecule has 0 saturated carbocycles. The van der Waals surface area contributed by atoms with Crippen molar-refractivity contribution in [2.75, 3.05) is 6.54 Å². The second-order valence-corrected chi connectivity index (χ2v) is 6.05. The van der Waals surface area contributed by atoms with E-state index in [1.165, 1.54) is 0 Å². The number of carbonyl (C=O) groups excluding carboxylic acids is 1. The summed E-state index contributed by atoms with van der Waals surface area (Å²) in [6, 6.07) is 8.10.